The Hall–Kier alpha value is -1.48. The molecule has 1 fully saturated rings. The Labute approximate surface area is 368 Å². The molecule has 14 heteroatoms. The summed E-state index contributed by atoms with van der Waals surface area (Å²) in [6.07, 6.45) is 28.0. The van der Waals surface area contributed by atoms with Crippen LogP contribution < -0.4 is 5.32 Å². The van der Waals surface area contributed by atoms with Crippen molar-refractivity contribution in [1.82, 2.24) is 5.32 Å². The normalized spacial score (nSPS) is 23.5. The molecule has 61 heavy (non-hydrogen) atoms. The van der Waals surface area contributed by atoms with E-state index in [2.05, 4.69) is 43.5 Å². The van der Waals surface area contributed by atoms with E-state index in [-0.39, 0.29) is 6.42 Å². The number of allylic oxidation sites excluding steroid dienone is 5. The van der Waals surface area contributed by atoms with E-state index in [1.807, 2.05) is 0 Å². The molecule has 1 aliphatic carbocycles. The molecule has 1 aliphatic rings. The summed E-state index contributed by atoms with van der Waals surface area (Å²) >= 11 is 0. The minimum absolute atomic E-state index is 0.258. The average molecular weight is 890 g/mol. The predicted octanol–water partition coefficient (Wildman–Crippen LogP) is 8.14. The third-order valence-corrected chi connectivity index (χ3v) is 12.4. The molecular weight excluding hydrogens is 801 g/mol. The number of amides is 1. The Morgan fingerprint density at radius 2 is 0.967 bits per heavy atom. The molecule has 0 spiro atoms. The van der Waals surface area contributed by atoms with Crippen molar-refractivity contribution in [3.63, 3.8) is 0 Å². The van der Waals surface area contributed by atoms with Gasteiger partial charge in [0.25, 0.3) is 0 Å². The van der Waals surface area contributed by atoms with Crippen molar-refractivity contribution in [3.8, 4) is 0 Å². The summed E-state index contributed by atoms with van der Waals surface area (Å²) in [5.41, 5.74) is 0. The molecule has 0 heterocycles. The monoisotopic (exact) mass is 890 g/mol. The smallest absolute Gasteiger partial charge is 0.393 e. The van der Waals surface area contributed by atoms with Gasteiger partial charge in [-0.25, -0.2) is 4.57 Å². The zero-order valence-electron chi connectivity index (χ0n) is 37.8. The summed E-state index contributed by atoms with van der Waals surface area (Å²) in [6.45, 7) is 3.72. The van der Waals surface area contributed by atoms with E-state index in [1.165, 1.54) is 102 Å². The van der Waals surface area contributed by atoms with E-state index in [0.717, 1.165) is 64.2 Å². The molecule has 13 nitrogen and oxygen atoms in total. The minimum Gasteiger partial charge on any atom is -0.393 e. The number of carbonyl (C=O) groups is 1. The Morgan fingerprint density at radius 1 is 0.574 bits per heavy atom. The molecule has 9 N–H and O–H groups in total. The van der Waals surface area contributed by atoms with Crippen LogP contribution in [0.2, 0.25) is 0 Å². The molecule has 0 saturated heterocycles. The van der Waals surface area contributed by atoms with Gasteiger partial charge < -0.3 is 46.0 Å². The van der Waals surface area contributed by atoms with Gasteiger partial charge in [-0.2, -0.15) is 0 Å². The van der Waals surface area contributed by atoms with Crippen LogP contribution in [0.1, 0.15) is 194 Å². The first kappa shape index (κ1) is 57.5. The van der Waals surface area contributed by atoms with Gasteiger partial charge in [-0.1, -0.05) is 166 Å². The van der Waals surface area contributed by atoms with Gasteiger partial charge >= 0.3 is 7.82 Å². The number of phosphoric acid groups is 1. The summed E-state index contributed by atoms with van der Waals surface area (Å²) in [4.78, 5) is 23.4. The third-order valence-electron chi connectivity index (χ3n) is 11.4. The van der Waals surface area contributed by atoms with Crippen LogP contribution in [-0.4, -0.2) is 108 Å². The van der Waals surface area contributed by atoms with Crippen LogP contribution in [0, 0.1) is 0 Å². The highest BCUT2D eigenvalue weighted by Gasteiger charge is 2.51. The summed E-state index contributed by atoms with van der Waals surface area (Å²) in [5, 5.41) is 74.5. The van der Waals surface area contributed by atoms with Gasteiger partial charge in [0.2, 0.25) is 5.91 Å². The molecule has 0 aromatic carbocycles. The fraction of sp³-hybridized carbons (Fsp3) is 0.851. The average Bonchev–Trinajstić information content (AvgIpc) is 3.23. The van der Waals surface area contributed by atoms with Crippen molar-refractivity contribution in [3.05, 3.63) is 36.5 Å². The highest BCUT2D eigenvalue weighted by atomic mass is 31.2. The molecule has 8 unspecified atom stereocenters. The number of hydrogen-bond donors (Lipinski definition) is 9. The molecule has 0 aromatic heterocycles. The molecule has 0 aliphatic heterocycles. The lowest BCUT2D eigenvalue weighted by molar-refractivity contribution is -0.220. The fourth-order valence-electron chi connectivity index (χ4n) is 7.49. The van der Waals surface area contributed by atoms with Crippen molar-refractivity contribution >= 4 is 13.7 Å². The topological polar surface area (TPSA) is 226 Å². The SMILES string of the molecule is CCCCCCCC/C=C\CCCCCCCC(O)CC(=O)NC(COP(=O)(O)OC1C(O)C(O)C(O)C(O)C1O)C(O)/C=C/CC/C=C/CCCCCCCCCCCC. The van der Waals surface area contributed by atoms with E-state index in [0.29, 0.717) is 12.8 Å². The molecule has 8 atom stereocenters. The van der Waals surface area contributed by atoms with Crippen molar-refractivity contribution < 1.29 is 59.0 Å². The van der Waals surface area contributed by atoms with Crippen LogP contribution in [0.15, 0.2) is 36.5 Å². The summed E-state index contributed by atoms with van der Waals surface area (Å²) in [7, 11) is -5.15. The number of unbranched alkanes of at least 4 members (excludes halogenated alkanes) is 22. The van der Waals surface area contributed by atoms with Gasteiger partial charge in [0.05, 0.1) is 31.3 Å². The maximum absolute atomic E-state index is 13.0. The molecule has 0 radical (unpaired) electrons. The van der Waals surface area contributed by atoms with E-state index in [4.69, 9.17) is 9.05 Å². The molecule has 1 saturated carbocycles. The Balaban J connectivity index is 2.57. The van der Waals surface area contributed by atoms with Gasteiger partial charge in [0.15, 0.2) is 0 Å². The number of hydrogen-bond acceptors (Lipinski definition) is 11. The third kappa shape index (κ3) is 28.8. The Morgan fingerprint density at radius 3 is 1.44 bits per heavy atom. The number of aliphatic hydroxyl groups is 7. The summed E-state index contributed by atoms with van der Waals surface area (Å²) in [6, 6.07) is -1.26. The standard InChI is InChI=1S/C47H88NO12P/c1-3-5-7-9-11-13-15-17-19-21-23-25-27-29-31-33-35-40(50)39(37-59-61(57,58)60-47-45(55)43(53)42(52)44(54)46(47)56)48-41(51)36-38(49)34-32-30-28-26-24-22-20-18-16-14-12-10-8-6-4-2/h18,20,25,27,33,35,38-40,42-47,49-50,52-56H,3-17,19,21-24,26,28-32,34,36-37H2,1-2H3,(H,48,51)(H,57,58)/b20-18-,27-25+,35-33+. The van der Waals surface area contributed by atoms with Crippen molar-refractivity contribution in [1.29, 1.82) is 0 Å². The zero-order chi connectivity index (χ0) is 45.1. The van der Waals surface area contributed by atoms with Crippen LogP contribution in [0.3, 0.4) is 0 Å². The van der Waals surface area contributed by atoms with Crippen molar-refractivity contribution in [2.24, 2.45) is 0 Å². The van der Waals surface area contributed by atoms with Gasteiger partial charge in [-0.15, -0.1) is 0 Å². The molecule has 1 rings (SSSR count). The number of rotatable bonds is 39. The predicted molar refractivity (Wildman–Crippen MR) is 243 cm³/mol. The first-order valence-electron chi connectivity index (χ1n) is 24.0. The molecule has 358 valence electrons. The maximum Gasteiger partial charge on any atom is 0.472 e. The Bertz CT molecular complexity index is 1190. The molecule has 0 aromatic rings. The van der Waals surface area contributed by atoms with Crippen molar-refractivity contribution in [2.45, 2.75) is 249 Å². The highest BCUT2D eigenvalue weighted by Crippen LogP contribution is 2.47. The lowest BCUT2D eigenvalue weighted by Gasteiger charge is -2.41. The second kappa shape index (κ2) is 36.8. The Kier molecular flexibility index (Phi) is 34.7. The molecule has 1 amide bonds. The van der Waals surface area contributed by atoms with Gasteiger partial charge in [0, 0.05) is 0 Å². The highest BCUT2D eigenvalue weighted by molar-refractivity contribution is 7.47. The summed E-state index contributed by atoms with van der Waals surface area (Å²) < 4.78 is 22.9. The van der Waals surface area contributed by atoms with E-state index in [1.54, 1.807) is 6.08 Å². The van der Waals surface area contributed by atoms with Crippen LogP contribution >= 0.6 is 7.82 Å². The van der Waals surface area contributed by atoms with Gasteiger partial charge in [-0.3, -0.25) is 13.8 Å². The second-order valence-electron chi connectivity index (χ2n) is 17.1. The number of carbonyl (C=O) groups excluding carboxylic acids is 1. The molecular formula is C47H88NO12P. The van der Waals surface area contributed by atoms with E-state index >= 15 is 0 Å². The number of nitrogens with one attached hydrogen (secondary N) is 1. The van der Waals surface area contributed by atoms with E-state index < -0.39 is 75.2 Å². The zero-order valence-corrected chi connectivity index (χ0v) is 38.7. The van der Waals surface area contributed by atoms with Crippen LogP contribution in [0.25, 0.3) is 0 Å². The van der Waals surface area contributed by atoms with Crippen LogP contribution in [0.5, 0.6) is 0 Å². The fourth-order valence-corrected chi connectivity index (χ4v) is 8.45. The van der Waals surface area contributed by atoms with Crippen LogP contribution in [0.4, 0.5) is 0 Å². The molecule has 0 bridgehead atoms. The largest absolute Gasteiger partial charge is 0.472 e. The number of phosphoric ester groups is 1. The maximum atomic E-state index is 13.0. The summed E-state index contributed by atoms with van der Waals surface area (Å²) in [5.74, 6) is -0.608. The number of aliphatic hydroxyl groups excluding tert-OH is 7. The lowest BCUT2D eigenvalue weighted by atomic mass is 9.85. The van der Waals surface area contributed by atoms with E-state index in [9.17, 15) is 50.0 Å². The minimum atomic E-state index is -5.15. The quantitative estimate of drug-likeness (QED) is 0.0162. The van der Waals surface area contributed by atoms with Crippen LogP contribution in [-0.2, 0) is 18.4 Å². The first-order chi connectivity index (χ1) is 29.3. The van der Waals surface area contributed by atoms with Gasteiger partial charge in [0.1, 0.15) is 36.6 Å². The lowest BCUT2D eigenvalue weighted by Crippen LogP contribution is -2.64. The van der Waals surface area contributed by atoms with Gasteiger partial charge in [-0.05, 0) is 57.8 Å². The first-order valence-corrected chi connectivity index (χ1v) is 25.5. The van der Waals surface area contributed by atoms with Crippen molar-refractivity contribution in [2.75, 3.05) is 6.61 Å². The second-order valence-corrected chi connectivity index (χ2v) is 18.5.